The molecule has 1 aromatic rings. The highest BCUT2D eigenvalue weighted by Gasteiger charge is 2.37. The highest BCUT2D eigenvalue weighted by atomic mass is 16.7. The molecule has 2 atom stereocenters. The van der Waals surface area contributed by atoms with Crippen molar-refractivity contribution < 1.29 is 43.2 Å². The fourth-order valence-corrected chi connectivity index (χ4v) is 3.17. The van der Waals surface area contributed by atoms with Crippen molar-refractivity contribution in [1.29, 1.82) is 0 Å². The zero-order valence-electron chi connectivity index (χ0n) is 21.1. The number of ether oxygens (including phenoxy) is 4. The number of rotatable bonds is 14. The summed E-state index contributed by atoms with van der Waals surface area (Å²) in [5.74, 6) is -2.13. The Hall–Kier alpha value is -3.14. The molecule has 0 aliphatic carbocycles. The summed E-state index contributed by atoms with van der Waals surface area (Å²) in [5.41, 5.74) is 4.83. The summed E-state index contributed by atoms with van der Waals surface area (Å²) >= 11 is 0. The largest absolute Gasteiger partial charge is 0.508 e. The van der Waals surface area contributed by atoms with Crippen molar-refractivity contribution in [3.8, 4) is 11.5 Å². The summed E-state index contributed by atoms with van der Waals surface area (Å²) in [4.78, 5) is 47.9. The molecule has 0 aromatic heterocycles. The monoisotopic (exact) mass is 495 g/mol. The van der Waals surface area contributed by atoms with Crippen molar-refractivity contribution in [1.82, 2.24) is 0 Å². The van der Waals surface area contributed by atoms with Crippen LogP contribution < -0.4 is 15.2 Å². The van der Waals surface area contributed by atoms with Crippen molar-refractivity contribution in [2.45, 2.75) is 84.8 Å². The Labute approximate surface area is 206 Å². The van der Waals surface area contributed by atoms with E-state index in [0.717, 1.165) is 0 Å². The van der Waals surface area contributed by atoms with Gasteiger partial charge in [-0.1, -0.05) is 33.8 Å². The van der Waals surface area contributed by atoms with Gasteiger partial charge < -0.3 is 29.8 Å². The normalized spacial score (nSPS) is 13.5. The van der Waals surface area contributed by atoms with E-state index in [-0.39, 0.29) is 49.7 Å². The van der Waals surface area contributed by atoms with Crippen LogP contribution in [0.25, 0.3) is 0 Å². The van der Waals surface area contributed by atoms with Gasteiger partial charge in [-0.15, -0.1) is 0 Å². The van der Waals surface area contributed by atoms with Crippen molar-refractivity contribution in [2.24, 2.45) is 11.7 Å². The Morgan fingerprint density at radius 3 is 2.06 bits per heavy atom. The third kappa shape index (κ3) is 10.8. The Morgan fingerprint density at radius 1 is 0.971 bits per heavy atom. The van der Waals surface area contributed by atoms with Crippen LogP contribution >= 0.6 is 0 Å². The molecule has 0 aliphatic heterocycles. The number of esters is 2. The molecule has 0 amide bonds. The molecule has 1 unspecified atom stereocenters. The second kappa shape index (κ2) is 14.3. The lowest BCUT2D eigenvalue weighted by molar-refractivity contribution is -0.144. The molecule has 0 heterocycles. The van der Waals surface area contributed by atoms with Gasteiger partial charge in [0.2, 0.25) is 0 Å². The fourth-order valence-electron chi connectivity index (χ4n) is 3.17. The molecular formula is C25H37NO9. The van der Waals surface area contributed by atoms with Crippen LogP contribution in [0.15, 0.2) is 18.2 Å². The molecule has 0 spiro atoms. The number of carboxylic acids is 1. The molecule has 10 nitrogen and oxygen atoms in total. The van der Waals surface area contributed by atoms with Gasteiger partial charge >= 0.3 is 24.1 Å². The minimum Gasteiger partial charge on any atom is -0.480 e. The van der Waals surface area contributed by atoms with Crippen molar-refractivity contribution >= 4 is 24.1 Å². The lowest BCUT2D eigenvalue weighted by Crippen LogP contribution is -2.52. The van der Waals surface area contributed by atoms with Crippen molar-refractivity contribution in [2.75, 3.05) is 6.61 Å². The molecule has 196 valence electrons. The zero-order valence-corrected chi connectivity index (χ0v) is 21.1. The minimum absolute atomic E-state index is 0.000275. The molecule has 0 aliphatic rings. The molecule has 0 saturated carbocycles. The molecule has 0 radical (unpaired) electrons. The van der Waals surface area contributed by atoms with Gasteiger partial charge in [0.15, 0.2) is 11.5 Å². The predicted molar refractivity (Wildman–Crippen MR) is 127 cm³/mol. The SMILES string of the molecule is CCCC(=O)Oc1ccc(CC(N)(C[C@H](C)OC(=O)OCC(C)C)C(=O)O)cc1OC(=O)CCC. The number of hydrogen-bond acceptors (Lipinski definition) is 9. The van der Waals surface area contributed by atoms with Crippen molar-refractivity contribution in [3.63, 3.8) is 0 Å². The molecule has 1 aromatic carbocycles. The van der Waals surface area contributed by atoms with Crippen molar-refractivity contribution in [3.05, 3.63) is 23.8 Å². The highest BCUT2D eigenvalue weighted by Crippen LogP contribution is 2.31. The third-order valence-corrected chi connectivity index (χ3v) is 4.79. The van der Waals surface area contributed by atoms with Crippen LogP contribution in [-0.4, -0.2) is 47.4 Å². The third-order valence-electron chi connectivity index (χ3n) is 4.79. The van der Waals surface area contributed by atoms with Gasteiger partial charge in [0.25, 0.3) is 0 Å². The van der Waals surface area contributed by atoms with E-state index in [1.807, 2.05) is 27.7 Å². The molecule has 0 saturated heterocycles. The second-order valence-corrected chi connectivity index (χ2v) is 8.95. The Bertz CT molecular complexity index is 884. The Kier molecular flexibility index (Phi) is 12.2. The summed E-state index contributed by atoms with van der Waals surface area (Å²) in [5, 5.41) is 9.82. The Morgan fingerprint density at radius 2 is 1.54 bits per heavy atom. The maximum atomic E-state index is 12.1. The summed E-state index contributed by atoms with van der Waals surface area (Å²) in [6.45, 7) is 9.08. The average Bonchev–Trinajstić information content (AvgIpc) is 2.74. The van der Waals surface area contributed by atoms with Crippen LogP contribution in [0.5, 0.6) is 11.5 Å². The summed E-state index contributed by atoms with van der Waals surface area (Å²) in [6.07, 6.45) is -0.616. The van der Waals surface area contributed by atoms with E-state index in [1.165, 1.54) is 19.1 Å². The van der Waals surface area contributed by atoms with Gasteiger partial charge in [-0.25, -0.2) is 4.79 Å². The van der Waals surface area contributed by atoms with E-state index in [9.17, 15) is 24.3 Å². The summed E-state index contributed by atoms with van der Waals surface area (Å²) < 4.78 is 20.8. The van der Waals surface area contributed by atoms with E-state index < -0.39 is 35.7 Å². The lowest BCUT2D eigenvalue weighted by Gasteiger charge is -2.28. The van der Waals surface area contributed by atoms with Crippen LogP contribution in [0.2, 0.25) is 0 Å². The first kappa shape index (κ1) is 29.9. The maximum Gasteiger partial charge on any atom is 0.508 e. The first-order valence-corrected chi connectivity index (χ1v) is 11.8. The number of carbonyl (C=O) groups excluding carboxylic acids is 3. The maximum absolute atomic E-state index is 12.1. The number of benzene rings is 1. The van der Waals surface area contributed by atoms with Crippen LogP contribution in [0, 0.1) is 5.92 Å². The summed E-state index contributed by atoms with van der Waals surface area (Å²) in [7, 11) is 0. The van der Waals surface area contributed by atoms with E-state index in [1.54, 1.807) is 6.07 Å². The molecule has 0 bridgehead atoms. The average molecular weight is 496 g/mol. The molecule has 3 N–H and O–H groups in total. The van der Waals surface area contributed by atoms with E-state index >= 15 is 0 Å². The smallest absolute Gasteiger partial charge is 0.480 e. The number of hydrogen-bond donors (Lipinski definition) is 2. The van der Waals surface area contributed by atoms with E-state index in [0.29, 0.717) is 18.4 Å². The van der Waals surface area contributed by atoms with Crippen LogP contribution in [0.1, 0.15) is 72.3 Å². The zero-order chi connectivity index (χ0) is 26.6. The van der Waals surface area contributed by atoms with Crippen LogP contribution in [0.4, 0.5) is 4.79 Å². The van der Waals surface area contributed by atoms with Gasteiger partial charge in [0, 0.05) is 25.7 Å². The highest BCUT2D eigenvalue weighted by molar-refractivity contribution is 5.79. The van der Waals surface area contributed by atoms with Gasteiger partial charge in [0.1, 0.15) is 11.6 Å². The van der Waals surface area contributed by atoms with E-state index in [4.69, 9.17) is 24.7 Å². The number of nitrogens with two attached hydrogens (primary N) is 1. The summed E-state index contributed by atoms with van der Waals surface area (Å²) in [6, 6.07) is 4.40. The minimum atomic E-state index is -1.80. The quantitative estimate of drug-likeness (QED) is 0.286. The fraction of sp³-hybridized carbons (Fsp3) is 0.600. The lowest BCUT2D eigenvalue weighted by atomic mass is 9.86. The molecule has 35 heavy (non-hydrogen) atoms. The van der Waals surface area contributed by atoms with Gasteiger partial charge in [-0.2, -0.15) is 0 Å². The molecule has 0 fully saturated rings. The number of carbonyl (C=O) groups is 4. The van der Waals surface area contributed by atoms with Gasteiger partial charge in [0.05, 0.1) is 6.61 Å². The van der Waals surface area contributed by atoms with Gasteiger partial charge in [-0.3, -0.25) is 14.4 Å². The first-order chi connectivity index (χ1) is 16.4. The predicted octanol–water partition coefficient (Wildman–Crippen LogP) is 4.01. The molecule has 10 heteroatoms. The number of carboxylic acid groups (broad SMARTS) is 1. The topological polar surface area (TPSA) is 151 Å². The second-order valence-electron chi connectivity index (χ2n) is 8.95. The van der Waals surface area contributed by atoms with Crippen LogP contribution in [-0.2, 0) is 30.3 Å². The van der Waals surface area contributed by atoms with Gasteiger partial charge in [-0.05, 0) is 43.4 Å². The molecular weight excluding hydrogens is 458 g/mol. The number of aliphatic carboxylic acids is 1. The first-order valence-electron chi connectivity index (χ1n) is 11.8. The Balaban J connectivity index is 3.08. The van der Waals surface area contributed by atoms with E-state index in [2.05, 4.69) is 0 Å². The molecule has 1 rings (SSSR count). The van der Waals surface area contributed by atoms with Crippen LogP contribution in [0.3, 0.4) is 0 Å². The standard InChI is InChI=1S/C25H37NO9/c1-6-8-21(27)34-19-11-10-18(12-20(19)35-22(28)9-7-2)14-25(26,23(29)30)13-17(5)33-24(31)32-15-16(3)4/h10-12,16-17H,6-9,13-15,26H2,1-5H3,(H,29,30)/t17-,25?/m0/s1.